The summed E-state index contributed by atoms with van der Waals surface area (Å²) < 4.78 is 61.1. The number of carbonyl (C=O) groups excluding carboxylic acids is 1. The van der Waals surface area contributed by atoms with Gasteiger partial charge in [-0.2, -0.15) is 4.31 Å². The molecule has 1 atom stereocenters. The Morgan fingerprint density at radius 1 is 1.02 bits per heavy atom. The number of ether oxygens (including phenoxy) is 1. The number of hydrogen-bond acceptors (Lipinski definition) is 9. The molecule has 1 unspecified atom stereocenters. The van der Waals surface area contributed by atoms with E-state index in [0.717, 1.165) is 16.1 Å². The topological polar surface area (TPSA) is 144 Å². The number of benzene rings is 2. The quantitative estimate of drug-likeness (QED) is 0.263. The van der Waals surface area contributed by atoms with Crippen molar-refractivity contribution in [1.82, 2.24) is 23.4 Å². The molecule has 3 rings (SSSR count). The lowest BCUT2D eigenvalue weighted by atomic mass is 10.2. The van der Waals surface area contributed by atoms with Gasteiger partial charge in [-0.3, -0.25) is 9.36 Å². The monoisotopic (exact) mass is 638 g/mol. The van der Waals surface area contributed by atoms with Gasteiger partial charge in [0.1, 0.15) is 0 Å². The second-order valence-electron chi connectivity index (χ2n) is 9.70. The fourth-order valence-corrected chi connectivity index (χ4v) is 7.49. The molecule has 42 heavy (non-hydrogen) atoms. The van der Waals surface area contributed by atoms with Crippen molar-refractivity contribution in [2.24, 2.45) is 0 Å². The highest BCUT2D eigenvalue weighted by molar-refractivity contribution is 7.99. The lowest BCUT2D eigenvalue weighted by Crippen LogP contribution is -2.30. The number of nitrogens with zero attached hydrogens (tertiary/aromatic N) is 5. The Hall–Kier alpha value is -2.82. The van der Waals surface area contributed by atoms with Gasteiger partial charge in [0.05, 0.1) is 28.2 Å². The minimum absolute atomic E-state index is 0.0295. The first-order valence-electron chi connectivity index (χ1n) is 13.3. The van der Waals surface area contributed by atoms with Gasteiger partial charge < -0.3 is 10.1 Å². The molecule has 0 spiro atoms. The lowest BCUT2D eigenvalue weighted by molar-refractivity contribution is -0.113. The van der Waals surface area contributed by atoms with Crippen LogP contribution in [-0.2, 0) is 29.6 Å². The van der Waals surface area contributed by atoms with Gasteiger partial charge in [0.25, 0.3) is 0 Å². The maximum Gasteiger partial charge on any atom is 0.243 e. The smallest absolute Gasteiger partial charge is 0.243 e. The summed E-state index contributed by atoms with van der Waals surface area (Å²) >= 11 is 1.16. The first kappa shape index (κ1) is 33.7. The molecule has 1 amide bonds. The van der Waals surface area contributed by atoms with Crippen LogP contribution in [-0.4, -0.2) is 92.8 Å². The van der Waals surface area contributed by atoms with Crippen LogP contribution in [0.4, 0.5) is 5.69 Å². The number of amides is 1. The van der Waals surface area contributed by atoms with Crippen LogP contribution in [0.25, 0.3) is 11.4 Å². The van der Waals surface area contributed by atoms with Crippen LogP contribution >= 0.6 is 11.8 Å². The van der Waals surface area contributed by atoms with E-state index in [1.54, 1.807) is 58.2 Å². The number of nitrogens with one attached hydrogen (secondary N) is 1. The zero-order valence-corrected chi connectivity index (χ0v) is 27.3. The molecular weight excluding hydrogens is 601 g/mol. The van der Waals surface area contributed by atoms with Crippen molar-refractivity contribution in [3.05, 3.63) is 48.0 Å². The van der Waals surface area contributed by atoms with E-state index >= 15 is 0 Å². The van der Waals surface area contributed by atoms with Gasteiger partial charge in [-0.25, -0.2) is 21.1 Å². The summed E-state index contributed by atoms with van der Waals surface area (Å²) in [7, 11) is -2.89. The molecule has 0 fully saturated rings. The molecule has 0 saturated carbocycles. The summed E-state index contributed by atoms with van der Waals surface area (Å²) in [6.07, 6.45) is 0. The number of carbonyl (C=O) groups is 1. The summed E-state index contributed by atoms with van der Waals surface area (Å²) in [5.74, 6) is 0.0555. The van der Waals surface area contributed by atoms with E-state index in [1.807, 2.05) is 11.5 Å². The van der Waals surface area contributed by atoms with Crippen LogP contribution in [0.2, 0.25) is 0 Å². The van der Waals surface area contributed by atoms with Crippen molar-refractivity contribution in [2.75, 3.05) is 52.0 Å². The third kappa shape index (κ3) is 7.38. The zero-order chi connectivity index (χ0) is 31.2. The van der Waals surface area contributed by atoms with Crippen LogP contribution < -0.4 is 5.32 Å². The van der Waals surface area contributed by atoms with Crippen LogP contribution in [0, 0.1) is 6.92 Å². The van der Waals surface area contributed by atoms with Gasteiger partial charge in [0.15, 0.2) is 11.0 Å². The Labute approximate surface area is 252 Å². The third-order valence-electron chi connectivity index (χ3n) is 6.54. The van der Waals surface area contributed by atoms with E-state index in [1.165, 1.54) is 30.5 Å². The molecule has 0 radical (unpaired) electrons. The Morgan fingerprint density at radius 3 is 2.31 bits per heavy atom. The third-order valence-corrected chi connectivity index (χ3v) is 11.3. The molecule has 0 aliphatic heterocycles. The standard InChI is InChI=1S/C27H38N6O6S3/c1-8-32(9-2)42(37,38)22-12-10-11-21(15-22)26-29-30-27(33(26)20(4)17-39-7)40-18-25(34)28-24-16-23(14-13-19(24)3)41(35,36)31(5)6/h10-16,20H,8-9,17-18H2,1-7H3,(H,28,34). The number of methoxy groups -OCH3 is 1. The van der Waals surface area contributed by atoms with E-state index < -0.39 is 20.0 Å². The van der Waals surface area contributed by atoms with Gasteiger partial charge in [-0.1, -0.05) is 43.8 Å². The van der Waals surface area contributed by atoms with E-state index in [4.69, 9.17) is 4.74 Å². The largest absolute Gasteiger partial charge is 0.383 e. The van der Waals surface area contributed by atoms with Gasteiger partial charge >= 0.3 is 0 Å². The minimum Gasteiger partial charge on any atom is -0.383 e. The molecular formula is C27H38N6O6S3. The summed E-state index contributed by atoms with van der Waals surface area (Å²) in [5, 5.41) is 11.9. The van der Waals surface area contributed by atoms with E-state index in [0.29, 0.717) is 47.5 Å². The van der Waals surface area contributed by atoms with Crippen molar-refractivity contribution in [3.63, 3.8) is 0 Å². The number of thioether (sulfide) groups is 1. The Kier molecular flexibility index (Phi) is 11.3. The van der Waals surface area contributed by atoms with Gasteiger partial charge in [0.2, 0.25) is 26.0 Å². The minimum atomic E-state index is -3.69. The molecule has 0 bridgehead atoms. The molecule has 1 aromatic heterocycles. The van der Waals surface area contributed by atoms with Crippen molar-refractivity contribution in [1.29, 1.82) is 0 Å². The molecule has 0 aliphatic carbocycles. The highest BCUT2D eigenvalue weighted by Gasteiger charge is 2.25. The zero-order valence-electron chi connectivity index (χ0n) is 24.9. The molecule has 1 heterocycles. The fraction of sp³-hybridized carbons (Fsp3) is 0.444. The Morgan fingerprint density at radius 2 is 1.69 bits per heavy atom. The van der Waals surface area contributed by atoms with Crippen molar-refractivity contribution in [3.8, 4) is 11.4 Å². The van der Waals surface area contributed by atoms with E-state index in [9.17, 15) is 21.6 Å². The van der Waals surface area contributed by atoms with Crippen molar-refractivity contribution < 1.29 is 26.4 Å². The second kappa shape index (κ2) is 14.1. The molecule has 15 heteroatoms. The van der Waals surface area contributed by atoms with Gasteiger partial charge in [-0.15, -0.1) is 10.2 Å². The molecule has 12 nitrogen and oxygen atoms in total. The van der Waals surface area contributed by atoms with E-state index in [2.05, 4.69) is 15.5 Å². The SMILES string of the molecule is CCN(CC)S(=O)(=O)c1cccc(-c2nnc(SCC(=O)Nc3cc(S(=O)(=O)N(C)C)ccc3C)n2C(C)COC)c1. The molecule has 1 N–H and O–H groups in total. The number of aryl methyl sites for hydroxylation is 1. The highest BCUT2D eigenvalue weighted by atomic mass is 32.2. The lowest BCUT2D eigenvalue weighted by Gasteiger charge is -2.20. The number of rotatable bonds is 14. The maximum atomic E-state index is 13.1. The fourth-order valence-electron chi connectivity index (χ4n) is 4.22. The van der Waals surface area contributed by atoms with E-state index in [-0.39, 0.29) is 27.5 Å². The Balaban J connectivity index is 1.89. The summed E-state index contributed by atoms with van der Waals surface area (Å²) in [5.41, 5.74) is 1.67. The summed E-state index contributed by atoms with van der Waals surface area (Å²) in [4.78, 5) is 13.2. The molecule has 230 valence electrons. The molecule has 3 aromatic rings. The number of sulfonamides is 2. The van der Waals surface area contributed by atoms with Gasteiger partial charge in [-0.05, 0) is 43.7 Å². The predicted molar refractivity (Wildman–Crippen MR) is 164 cm³/mol. The van der Waals surface area contributed by atoms with Crippen LogP contribution in [0.15, 0.2) is 57.4 Å². The number of anilines is 1. The average molecular weight is 639 g/mol. The first-order chi connectivity index (χ1) is 19.8. The normalized spacial score (nSPS) is 13.1. The average Bonchev–Trinajstić information content (AvgIpc) is 3.38. The Bertz CT molecular complexity index is 1620. The predicted octanol–water partition coefficient (Wildman–Crippen LogP) is 3.47. The number of aromatic nitrogens is 3. The summed E-state index contributed by atoms with van der Waals surface area (Å²) in [6, 6.07) is 10.9. The molecule has 2 aromatic carbocycles. The van der Waals surface area contributed by atoms with Crippen LogP contribution in [0.3, 0.4) is 0 Å². The highest BCUT2D eigenvalue weighted by Crippen LogP contribution is 2.30. The maximum absolute atomic E-state index is 13.1. The van der Waals surface area contributed by atoms with Crippen molar-refractivity contribution >= 4 is 43.4 Å². The van der Waals surface area contributed by atoms with Crippen molar-refractivity contribution in [2.45, 2.75) is 48.7 Å². The van der Waals surface area contributed by atoms with Crippen LogP contribution in [0.1, 0.15) is 32.4 Å². The van der Waals surface area contributed by atoms with Gasteiger partial charge in [0, 0.05) is 45.5 Å². The van der Waals surface area contributed by atoms with Crippen LogP contribution in [0.5, 0.6) is 0 Å². The summed E-state index contributed by atoms with van der Waals surface area (Å²) in [6.45, 7) is 8.30. The molecule has 0 saturated heterocycles. The number of hydrogen-bond donors (Lipinski definition) is 1. The molecule has 0 aliphatic rings. The first-order valence-corrected chi connectivity index (χ1v) is 17.1. The second-order valence-corrected chi connectivity index (χ2v) is 14.7.